The summed E-state index contributed by atoms with van der Waals surface area (Å²) in [5.41, 5.74) is 2.14. The smallest absolute Gasteiger partial charge is 0.157 e. The van der Waals surface area contributed by atoms with E-state index < -0.39 is 0 Å². The molecule has 1 aliphatic rings. The summed E-state index contributed by atoms with van der Waals surface area (Å²) in [7, 11) is 0. The van der Waals surface area contributed by atoms with Crippen LogP contribution in [0.4, 0.5) is 0 Å². The van der Waals surface area contributed by atoms with Crippen LogP contribution in [0.1, 0.15) is 18.5 Å². The zero-order chi connectivity index (χ0) is 10.5. The standard InChI is InChI=1S/C12H14N2O/c15-12-5-4-11(9-12)14-8-6-10-3-1-2-7-13-10/h1-3,7,9,14H,4-6,8H2. The van der Waals surface area contributed by atoms with Crippen molar-refractivity contribution in [2.24, 2.45) is 0 Å². The lowest BCUT2D eigenvalue weighted by Crippen LogP contribution is -2.15. The summed E-state index contributed by atoms with van der Waals surface area (Å²) in [6.45, 7) is 0.843. The Morgan fingerprint density at radius 1 is 1.33 bits per heavy atom. The number of pyridine rings is 1. The second-order valence-corrected chi connectivity index (χ2v) is 3.63. The molecule has 2 rings (SSSR count). The number of carbonyl (C=O) groups excluding carboxylic acids is 1. The van der Waals surface area contributed by atoms with Crippen molar-refractivity contribution in [3.63, 3.8) is 0 Å². The summed E-state index contributed by atoms with van der Waals surface area (Å²) in [5, 5.41) is 3.26. The van der Waals surface area contributed by atoms with E-state index in [9.17, 15) is 4.79 Å². The van der Waals surface area contributed by atoms with Crippen LogP contribution < -0.4 is 5.32 Å². The quantitative estimate of drug-likeness (QED) is 0.803. The summed E-state index contributed by atoms with van der Waals surface area (Å²) in [6, 6.07) is 5.91. The minimum absolute atomic E-state index is 0.232. The lowest BCUT2D eigenvalue weighted by Gasteiger charge is -2.05. The van der Waals surface area contributed by atoms with Gasteiger partial charge in [0.1, 0.15) is 0 Å². The van der Waals surface area contributed by atoms with Crippen molar-refractivity contribution in [2.75, 3.05) is 6.54 Å². The second kappa shape index (κ2) is 4.73. The van der Waals surface area contributed by atoms with Gasteiger partial charge in [0.15, 0.2) is 5.78 Å². The van der Waals surface area contributed by atoms with Crippen LogP contribution >= 0.6 is 0 Å². The summed E-state index contributed by atoms with van der Waals surface area (Å²) in [6.07, 6.45) is 5.92. The van der Waals surface area contributed by atoms with E-state index in [0.717, 1.165) is 30.8 Å². The van der Waals surface area contributed by atoms with Crippen LogP contribution in [0, 0.1) is 0 Å². The fraction of sp³-hybridized carbons (Fsp3) is 0.333. The van der Waals surface area contributed by atoms with E-state index in [-0.39, 0.29) is 5.78 Å². The number of allylic oxidation sites excluding steroid dienone is 2. The fourth-order valence-electron chi connectivity index (χ4n) is 1.63. The second-order valence-electron chi connectivity index (χ2n) is 3.63. The zero-order valence-corrected chi connectivity index (χ0v) is 8.57. The van der Waals surface area contributed by atoms with Crippen LogP contribution in [-0.2, 0) is 11.2 Å². The lowest BCUT2D eigenvalue weighted by molar-refractivity contribution is -0.114. The molecule has 1 aliphatic carbocycles. The number of carbonyl (C=O) groups is 1. The molecule has 1 aromatic rings. The monoisotopic (exact) mass is 202 g/mol. The van der Waals surface area contributed by atoms with Crippen molar-refractivity contribution in [2.45, 2.75) is 19.3 Å². The number of nitrogens with one attached hydrogen (secondary N) is 1. The largest absolute Gasteiger partial charge is 0.388 e. The predicted octanol–water partition coefficient (Wildman–Crippen LogP) is 1.46. The van der Waals surface area contributed by atoms with Crippen LogP contribution in [0.3, 0.4) is 0 Å². The number of rotatable bonds is 4. The molecule has 0 bridgehead atoms. The molecule has 0 amide bonds. The molecule has 0 unspecified atom stereocenters. The van der Waals surface area contributed by atoms with Gasteiger partial charge in [0.05, 0.1) is 0 Å². The van der Waals surface area contributed by atoms with Gasteiger partial charge >= 0.3 is 0 Å². The van der Waals surface area contributed by atoms with Gasteiger partial charge in [0.25, 0.3) is 0 Å². The summed E-state index contributed by atoms with van der Waals surface area (Å²) >= 11 is 0. The first-order valence-corrected chi connectivity index (χ1v) is 5.22. The van der Waals surface area contributed by atoms with E-state index in [2.05, 4.69) is 10.3 Å². The molecule has 1 aromatic heterocycles. The Morgan fingerprint density at radius 2 is 2.27 bits per heavy atom. The summed E-state index contributed by atoms with van der Waals surface area (Å²) < 4.78 is 0. The van der Waals surface area contributed by atoms with Gasteiger partial charge in [-0.15, -0.1) is 0 Å². The van der Waals surface area contributed by atoms with Crippen LogP contribution in [0.25, 0.3) is 0 Å². The van der Waals surface area contributed by atoms with Gasteiger partial charge in [-0.05, 0) is 18.6 Å². The Balaban J connectivity index is 1.76. The van der Waals surface area contributed by atoms with Gasteiger partial charge in [-0.1, -0.05) is 6.07 Å². The molecule has 0 saturated carbocycles. The molecule has 3 nitrogen and oxygen atoms in total. The molecule has 1 heterocycles. The molecule has 0 spiro atoms. The van der Waals surface area contributed by atoms with E-state index in [0.29, 0.717) is 6.42 Å². The number of hydrogen-bond acceptors (Lipinski definition) is 3. The van der Waals surface area contributed by atoms with Gasteiger partial charge in [-0.3, -0.25) is 9.78 Å². The van der Waals surface area contributed by atoms with E-state index >= 15 is 0 Å². The van der Waals surface area contributed by atoms with Crippen molar-refractivity contribution in [1.82, 2.24) is 10.3 Å². The molecular formula is C12H14N2O. The first-order chi connectivity index (χ1) is 7.34. The van der Waals surface area contributed by atoms with E-state index in [1.165, 1.54) is 0 Å². The predicted molar refractivity (Wildman–Crippen MR) is 58.3 cm³/mol. The highest BCUT2D eigenvalue weighted by Crippen LogP contribution is 2.11. The molecule has 0 fully saturated rings. The molecule has 0 aliphatic heterocycles. The molecule has 0 saturated heterocycles. The molecule has 78 valence electrons. The molecule has 3 heteroatoms. The third-order valence-electron chi connectivity index (χ3n) is 2.44. The maximum Gasteiger partial charge on any atom is 0.157 e. The van der Waals surface area contributed by atoms with Gasteiger partial charge in [0.2, 0.25) is 0 Å². The van der Waals surface area contributed by atoms with Crippen molar-refractivity contribution >= 4 is 5.78 Å². The third kappa shape index (κ3) is 2.91. The van der Waals surface area contributed by atoms with Crippen molar-refractivity contribution in [3.05, 3.63) is 41.9 Å². The number of nitrogens with zero attached hydrogens (tertiary/aromatic N) is 1. The highest BCUT2D eigenvalue weighted by Gasteiger charge is 2.10. The lowest BCUT2D eigenvalue weighted by atomic mass is 10.2. The molecule has 0 radical (unpaired) electrons. The van der Waals surface area contributed by atoms with E-state index in [1.807, 2.05) is 18.2 Å². The van der Waals surface area contributed by atoms with Crippen LogP contribution in [0.15, 0.2) is 36.2 Å². The molecule has 1 N–H and O–H groups in total. The third-order valence-corrected chi connectivity index (χ3v) is 2.44. The summed E-state index contributed by atoms with van der Waals surface area (Å²) in [4.78, 5) is 15.2. The number of hydrogen-bond donors (Lipinski definition) is 1. The topological polar surface area (TPSA) is 42.0 Å². The van der Waals surface area contributed by atoms with Crippen molar-refractivity contribution < 1.29 is 4.79 Å². The van der Waals surface area contributed by atoms with Crippen LogP contribution in [0.2, 0.25) is 0 Å². The Bertz CT molecular complexity index is 370. The fourth-order valence-corrected chi connectivity index (χ4v) is 1.63. The minimum Gasteiger partial charge on any atom is -0.388 e. The Morgan fingerprint density at radius 3 is 2.93 bits per heavy atom. The molecular weight excluding hydrogens is 188 g/mol. The Kier molecular flexibility index (Phi) is 3.12. The molecule has 15 heavy (non-hydrogen) atoms. The number of aromatic nitrogens is 1. The normalized spacial score (nSPS) is 15.2. The van der Waals surface area contributed by atoms with Crippen molar-refractivity contribution in [1.29, 1.82) is 0 Å². The highest BCUT2D eigenvalue weighted by atomic mass is 16.1. The maximum absolute atomic E-state index is 11.0. The van der Waals surface area contributed by atoms with Gasteiger partial charge in [0, 0.05) is 43.1 Å². The first-order valence-electron chi connectivity index (χ1n) is 5.22. The van der Waals surface area contributed by atoms with E-state index in [4.69, 9.17) is 0 Å². The molecule has 0 aromatic carbocycles. The summed E-state index contributed by atoms with van der Waals surface area (Å²) in [5.74, 6) is 0.232. The van der Waals surface area contributed by atoms with Crippen LogP contribution in [-0.4, -0.2) is 17.3 Å². The van der Waals surface area contributed by atoms with Crippen LogP contribution in [0.5, 0.6) is 0 Å². The minimum atomic E-state index is 0.232. The maximum atomic E-state index is 11.0. The van der Waals surface area contributed by atoms with Crippen molar-refractivity contribution in [3.8, 4) is 0 Å². The van der Waals surface area contributed by atoms with Gasteiger partial charge in [-0.2, -0.15) is 0 Å². The average molecular weight is 202 g/mol. The SMILES string of the molecule is O=C1C=C(NCCc2ccccn2)CC1. The Hall–Kier alpha value is -1.64. The van der Waals surface area contributed by atoms with E-state index in [1.54, 1.807) is 12.3 Å². The zero-order valence-electron chi connectivity index (χ0n) is 8.57. The first kappa shape index (κ1) is 9.90. The van der Waals surface area contributed by atoms with Gasteiger partial charge in [-0.25, -0.2) is 0 Å². The highest BCUT2D eigenvalue weighted by molar-refractivity contribution is 5.92. The van der Waals surface area contributed by atoms with Gasteiger partial charge < -0.3 is 5.32 Å². The average Bonchev–Trinajstić information content (AvgIpc) is 2.66. The Labute approximate surface area is 89.2 Å². The number of ketones is 1. The molecule has 0 atom stereocenters.